The number of hydrogen-bond donors (Lipinski definition) is 1. The number of ether oxygens (including phenoxy) is 1. The maximum Gasteiger partial charge on any atom is 0.309 e. The normalized spacial score (nSPS) is 10.3. The fourth-order valence-electron chi connectivity index (χ4n) is 2.19. The number of aryl methyl sites for hydroxylation is 2. The summed E-state index contributed by atoms with van der Waals surface area (Å²) in [6, 6.07) is 12.0. The van der Waals surface area contributed by atoms with Crippen molar-refractivity contribution in [3.63, 3.8) is 0 Å². The summed E-state index contributed by atoms with van der Waals surface area (Å²) >= 11 is 0. The van der Waals surface area contributed by atoms with Gasteiger partial charge in [0.05, 0.1) is 13.5 Å². The van der Waals surface area contributed by atoms with E-state index in [1.807, 2.05) is 44.2 Å². The van der Waals surface area contributed by atoms with Crippen LogP contribution in [0, 0.1) is 13.8 Å². The molecule has 0 atom stereocenters. The molecule has 104 valence electrons. The summed E-state index contributed by atoms with van der Waals surface area (Å²) in [4.78, 5) is 11.2. The van der Waals surface area contributed by atoms with Crippen LogP contribution >= 0.6 is 0 Å². The van der Waals surface area contributed by atoms with Crippen molar-refractivity contribution in [2.24, 2.45) is 0 Å². The Morgan fingerprint density at radius 3 is 2.35 bits per heavy atom. The van der Waals surface area contributed by atoms with Crippen molar-refractivity contribution in [2.75, 3.05) is 12.8 Å². The van der Waals surface area contributed by atoms with Crippen LogP contribution in [0.4, 0.5) is 5.69 Å². The van der Waals surface area contributed by atoms with Crippen molar-refractivity contribution in [3.05, 3.63) is 53.1 Å². The molecule has 0 bridgehead atoms. The van der Waals surface area contributed by atoms with Crippen LogP contribution in [0.5, 0.6) is 0 Å². The first-order valence-corrected chi connectivity index (χ1v) is 6.54. The molecule has 0 aliphatic heterocycles. The van der Waals surface area contributed by atoms with Crippen molar-refractivity contribution in [1.29, 1.82) is 0 Å². The molecule has 0 unspecified atom stereocenters. The molecule has 0 aliphatic carbocycles. The number of rotatable bonds is 3. The summed E-state index contributed by atoms with van der Waals surface area (Å²) in [6.45, 7) is 4.05. The molecule has 0 radical (unpaired) electrons. The molecule has 2 N–H and O–H groups in total. The van der Waals surface area contributed by atoms with Gasteiger partial charge >= 0.3 is 5.97 Å². The molecule has 2 aromatic rings. The fraction of sp³-hybridized carbons (Fsp3) is 0.235. The van der Waals surface area contributed by atoms with Crippen molar-refractivity contribution >= 4 is 11.7 Å². The highest BCUT2D eigenvalue weighted by Gasteiger charge is 2.07. The van der Waals surface area contributed by atoms with Crippen molar-refractivity contribution < 1.29 is 9.53 Å². The molecule has 0 amide bonds. The zero-order valence-corrected chi connectivity index (χ0v) is 12.1. The first-order chi connectivity index (χ1) is 9.51. The van der Waals surface area contributed by atoms with Gasteiger partial charge in [-0.3, -0.25) is 4.79 Å². The molecule has 0 fully saturated rings. The van der Waals surface area contributed by atoms with Crippen LogP contribution in [-0.2, 0) is 16.0 Å². The molecule has 0 saturated heterocycles. The third-order valence-corrected chi connectivity index (χ3v) is 3.45. The molecule has 0 heterocycles. The zero-order valence-electron chi connectivity index (χ0n) is 12.1. The van der Waals surface area contributed by atoms with E-state index in [1.165, 1.54) is 12.7 Å². The van der Waals surface area contributed by atoms with E-state index in [-0.39, 0.29) is 5.97 Å². The fourth-order valence-corrected chi connectivity index (χ4v) is 2.19. The van der Waals surface area contributed by atoms with Gasteiger partial charge in [-0.1, -0.05) is 24.3 Å². The average Bonchev–Trinajstić information content (AvgIpc) is 2.44. The monoisotopic (exact) mass is 269 g/mol. The second kappa shape index (κ2) is 5.78. The minimum absolute atomic E-state index is 0.225. The first kappa shape index (κ1) is 14.1. The van der Waals surface area contributed by atoms with Gasteiger partial charge in [-0.2, -0.15) is 0 Å². The number of nitrogen functional groups attached to an aromatic ring is 1. The van der Waals surface area contributed by atoms with E-state index in [9.17, 15) is 4.79 Å². The molecule has 0 saturated carbocycles. The van der Waals surface area contributed by atoms with E-state index < -0.39 is 0 Å². The summed E-state index contributed by atoms with van der Waals surface area (Å²) in [5.41, 5.74) is 12.2. The number of methoxy groups -OCH3 is 1. The number of esters is 1. The Morgan fingerprint density at radius 2 is 1.75 bits per heavy atom. The molecule has 0 spiro atoms. The number of benzene rings is 2. The van der Waals surface area contributed by atoms with Crippen LogP contribution in [0.2, 0.25) is 0 Å². The third-order valence-electron chi connectivity index (χ3n) is 3.45. The standard InChI is InChI=1S/C17H19NO2/c1-11-9-16(18)12(2)8-15(11)14-6-4-13(5-7-14)10-17(19)20-3/h4-9H,10,18H2,1-3H3. The molecule has 0 aliphatic rings. The third kappa shape index (κ3) is 2.99. The lowest BCUT2D eigenvalue weighted by Gasteiger charge is -2.10. The summed E-state index contributed by atoms with van der Waals surface area (Å²) in [7, 11) is 1.40. The van der Waals surface area contributed by atoms with E-state index in [4.69, 9.17) is 5.73 Å². The summed E-state index contributed by atoms with van der Waals surface area (Å²) in [6.07, 6.45) is 0.302. The Kier molecular flexibility index (Phi) is 4.08. The first-order valence-electron chi connectivity index (χ1n) is 6.54. The van der Waals surface area contributed by atoms with Crippen molar-refractivity contribution in [3.8, 4) is 11.1 Å². The molecule has 2 rings (SSSR count). The van der Waals surface area contributed by atoms with E-state index in [1.54, 1.807) is 0 Å². The van der Waals surface area contributed by atoms with Crippen molar-refractivity contribution in [2.45, 2.75) is 20.3 Å². The summed E-state index contributed by atoms with van der Waals surface area (Å²) in [5, 5.41) is 0. The molecular weight excluding hydrogens is 250 g/mol. The van der Waals surface area contributed by atoms with Gasteiger partial charge in [0.25, 0.3) is 0 Å². The quantitative estimate of drug-likeness (QED) is 0.687. The number of hydrogen-bond acceptors (Lipinski definition) is 3. The molecule has 0 aromatic heterocycles. The number of carbonyl (C=O) groups is 1. The molecule has 20 heavy (non-hydrogen) atoms. The lowest BCUT2D eigenvalue weighted by Crippen LogP contribution is -2.04. The highest BCUT2D eigenvalue weighted by atomic mass is 16.5. The molecule has 3 heteroatoms. The second-order valence-corrected chi connectivity index (χ2v) is 4.97. The van der Waals surface area contributed by atoms with Gasteiger partial charge in [-0.25, -0.2) is 0 Å². The minimum atomic E-state index is -0.225. The van der Waals surface area contributed by atoms with Crippen LogP contribution in [-0.4, -0.2) is 13.1 Å². The highest BCUT2D eigenvalue weighted by molar-refractivity contribution is 5.74. The number of nitrogens with two attached hydrogens (primary N) is 1. The van der Waals surface area contributed by atoms with Gasteiger partial charge in [0.1, 0.15) is 0 Å². The number of anilines is 1. The Bertz CT molecular complexity index is 630. The topological polar surface area (TPSA) is 52.3 Å². The predicted octanol–water partition coefficient (Wildman–Crippen LogP) is 3.27. The van der Waals surface area contributed by atoms with Gasteiger partial charge in [-0.15, -0.1) is 0 Å². The van der Waals surface area contributed by atoms with Crippen LogP contribution in [0.25, 0.3) is 11.1 Å². The van der Waals surface area contributed by atoms with Crippen LogP contribution < -0.4 is 5.73 Å². The largest absolute Gasteiger partial charge is 0.469 e. The van der Waals surface area contributed by atoms with Gasteiger partial charge in [0.2, 0.25) is 0 Å². The Morgan fingerprint density at radius 1 is 1.10 bits per heavy atom. The van der Waals surface area contributed by atoms with E-state index in [0.717, 1.165) is 27.9 Å². The predicted molar refractivity (Wildman–Crippen MR) is 81.5 cm³/mol. The maximum absolute atomic E-state index is 11.2. The average molecular weight is 269 g/mol. The minimum Gasteiger partial charge on any atom is -0.469 e. The lowest BCUT2D eigenvalue weighted by atomic mass is 9.96. The van der Waals surface area contributed by atoms with Gasteiger partial charge in [0.15, 0.2) is 0 Å². The van der Waals surface area contributed by atoms with Crippen LogP contribution in [0.1, 0.15) is 16.7 Å². The van der Waals surface area contributed by atoms with E-state index in [2.05, 4.69) is 10.8 Å². The van der Waals surface area contributed by atoms with Gasteiger partial charge < -0.3 is 10.5 Å². The van der Waals surface area contributed by atoms with Crippen molar-refractivity contribution in [1.82, 2.24) is 0 Å². The van der Waals surface area contributed by atoms with Gasteiger partial charge in [-0.05, 0) is 53.8 Å². The molecular formula is C17H19NO2. The SMILES string of the molecule is COC(=O)Cc1ccc(-c2cc(C)c(N)cc2C)cc1. The summed E-state index contributed by atoms with van der Waals surface area (Å²) < 4.78 is 4.66. The summed E-state index contributed by atoms with van der Waals surface area (Å²) in [5.74, 6) is -0.225. The highest BCUT2D eigenvalue weighted by Crippen LogP contribution is 2.27. The Labute approximate surface area is 119 Å². The number of carbonyl (C=O) groups excluding carboxylic acids is 1. The molecule has 3 nitrogen and oxygen atoms in total. The lowest BCUT2D eigenvalue weighted by molar-refractivity contribution is -0.139. The second-order valence-electron chi connectivity index (χ2n) is 4.97. The molecule has 2 aromatic carbocycles. The zero-order chi connectivity index (χ0) is 14.7. The Balaban J connectivity index is 2.30. The maximum atomic E-state index is 11.2. The Hall–Kier alpha value is -2.29. The van der Waals surface area contributed by atoms with Crippen LogP contribution in [0.3, 0.4) is 0 Å². The van der Waals surface area contributed by atoms with E-state index in [0.29, 0.717) is 6.42 Å². The smallest absolute Gasteiger partial charge is 0.309 e. The van der Waals surface area contributed by atoms with Crippen LogP contribution in [0.15, 0.2) is 36.4 Å². The van der Waals surface area contributed by atoms with E-state index >= 15 is 0 Å². The van der Waals surface area contributed by atoms with Gasteiger partial charge in [0, 0.05) is 5.69 Å².